The Bertz CT molecular complexity index is 1070. The molecular formula is C26H23FO2. The largest absolute Gasteiger partial charge is 0.496 e. The van der Waals surface area contributed by atoms with E-state index in [1.807, 2.05) is 24.3 Å². The second-order valence-electron chi connectivity index (χ2n) is 7.51. The van der Waals surface area contributed by atoms with Gasteiger partial charge in [0.25, 0.3) is 0 Å². The predicted octanol–water partition coefficient (Wildman–Crippen LogP) is 6.21. The number of hydrogen-bond donors (Lipinski definition) is 0. The van der Waals surface area contributed by atoms with Gasteiger partial charge in [-0.05, 0) is 48.2 Å². The van der Waals surface area contributed by atoms with Crippen molar-refractivity contribution >= 4 is 11.4 Å². The summed E-state index contributed by atoms with van der Waals surface area (Å²) in [5.74, 6) is -0.122. The van der Waals surface area contributed by atoms with Crippen molar-refractivity contribution in [3.63, 3.8) is 0 Å². The number of ketones is 1. The second-order valence-corrected chi connectivity index (χ2v) is 7.51. The third kappa shape index (κ3) is 3.86. The van der Waals surface area contributed by atoms with Crippen LogP contribution in [0.2, 0.25) is 0 Å². The number of Topliss-reactive ketones (excluding diaryl/α,β-unsaturated/α-hetero) is 1. The summed E-state index contributed by atoms with van der Waals surface area (Å²) in [7, 11) is 1.64. The Balaban J connectivity index is 1.77. The molecule has 0 saturated carbocycles. The molecule has 1 aliphatic carbocycles. The molecule has 1 aliphatic rings. The number of hydrogen-bond acceptors (Lipinski definition) is 2. The van der Waals surface area contributed by atoms with Gasteiger partial charge in [-0.15, -0.1) is 0 Å². The zero-order valence-corrected chi connectivity index (χ0v) is 16.6. The van der Waals surface area contributed by atoms with Crippen LogP contribution in [0.4, 0.5) is 4.39 Å². The van der Waals surface area contributed by atoms with Crippen LogP contribution in [-0.4, -0.2) is 12.9 Å². The maximum Gasteiger partial charge on any atom is 0.170 e. The van der Waals surface area contributed by atoms with Crippen molar-refractivity contribution in [2.45, 2.75) is 19.3 Å². The molecule has 3 heteroatoms. The molecule has 0 bridgehead atoms. The molecule has 2 atom stereocenters. The lowest BCUT2D eigenvalue weighted by Crippen LogP contribution is -2.18. The molecular weight excluding hydrogens is 363 g/mol. The van der Waals surface area contributed by atoms with E-state index < -0.39 is 5.82 Å². The molecule has 2 unspecified atom stereocenters. The summed E-state index contributed by atoms with van der Waals surface area (Å²) in [4.78, 5) is 13.4. The lowest BCUT2D eigenvalue weighted by molar-refractivity contribution is 0.0934. The molecule has 0 N–H and O–H groups in total. The van der Waals surface area contributed by atoms with E-state index in [4.69, 9.17) is 4.74 Å². The van der Waals surface area contributed by atoms with Gasteiger partial charge in [0.2, 0.25) is 0 Å². The fourth-order valence-corrected chi connectivity index (χ4v) is 4.12. The minimum Gasteiger partial charge on any atom is -0.496 e. The maximum atomic E-state index is 13.7. The average molecular weight is 386 g/mol. The van der Waals surface area contributed by atoms with Gasteiger partial charge in [0.15, 0.2) is 5.78 Å². The maximum absolute atomic E-state index is 13.7. The highest BCUT2D eigenvalue weighted by Crippen LogP contribution is 2.46. The lowest BCUT2D eigenvalue weighted by Gasteiger charge is -2.21. The highest BCUT2D eigenvalue weighted by molar-refractivity contribution is 6.01. The van der Waals surface area contributed by atoms with Crippen molar-refractivity contribution in [3.8, 4) is 5.75 Å². The molecule has 0 heterocycles. The molecule has 0 fully saturated rings. The number of aryl methyl sites for hydroxylation is 1. The number of ether oxygens (including phenoxy) is 1. The van der Waals surface area contributed by atoms with Gasteiger partial charge >= 0.3 is 0 Å². The molecule has 146 valence electrons. The summed E-state index contributed by atoms with van der Waals surface area (Å²) in [6.45, 7) is 2.06. The Kier molecular flexibility index (Phi) is 5.30. The third-order valence-electron chi connectivity index (χ3n) is 5.63. The summed E-state index contributed by atoms with van der Waals surface area (Å²) < 4.78 is 19.3. The first kappa shape index (κ1) is 19.1. The van der Waals surface area contributed by atoms with E-state index in [2.05, 4.69) is 37.3 Å². The summed E-state index contributed by atoms with van der Waals surface area (Å²) in [5.41, 5.74) is 4.85. The molecule has 0 radical (unpaired) electrons. The molecule has 0 saturated heterocycles. The minimum absolute atomic E-state index is 0.0572. The van der Waals surface area contributed by atoms with Gasteiger partial charge in [-0.2, -0.15) is 0 Å². The van der Waals surface area contributed by atoms with E-state index in [0.29, 0.717) is 5.56 Å². The molecule has 2 nitrogen and oxygen atoms in total. The Morgan fingerprint density at radius 3 is 2.48 bits per heavy atom. The van der Waals surface area contributed by atoms with Crippen LogP contribution in [0.15, 0.2) is 78.9 Å². The van der Waals surface area contributed by atoms with Gasteiger partial charge in [-0.25, -0.2) is 4.39 Å². The Labute approximate surface area is 170 Å². The lowest BCUT2D eigenvalue weighted by atomic mass is 9.83. The topological polar surface area (TPSA) is 26.3 Å². The number of para-hydroxylation sites is 1. The highest BCUT2D eigenvalue weighted by Gasteiger charge is 2.36. The molecule has 3 aromatic rings. The normalized spacial score (nSPS) is 18.4. The molecule has 0 aliphatic heterocycles. The van der Waals surface area contributed by atoms with Crippen molar-refractivity contribution in [3.05, 3.63) is 107 Å². The van der Waals surface area contributed by atoms with E-state index >= 15 is 0 Å². The van der Waals surface area contributed by atoms with Crippen LogP contribution < -0.4 is 4.74 Å². The van der Waals surface area contributed by atoms with Gasteiger partial charge in [0.1, 0.15) is 11.6 Å². The molecule has 0 aromatic heterocycles. The van der Waals surface area contributed by atoms with Crippen molar-refractivity contribution < 1.29 is 13.9 Å². The molecule has 29 heavy (non-hydrogen) atoms. The Morgan fingerprint density at radius 2 is 1.76 bits per heavy atom. The van der Waals surface area contributed by atoms with E-state index in [1.165, 1.54) is 17.7 Å². The summed E-state index contributed by atoms with van der Waals surface area (Å²) >= 11 is 0. The van der Waals surface area contributed by atoms with Gasteiger partial charge in [0, 0.05) is 17.4 Å². The number of carbonyl (C=O) groups excluding carboxylic acids is 1. The minimum atomic E-state index is -0.398. The van der Waals surface area contributed by atoms with Crippen molar-refractivity contribution in [1.29, 1.82) is 0 Å². The van der Waals surface area contributed by atoms with Gasteiger partial charge < -0.3 is 4.74 Å². The first-order valence-corrected chi connectivity index (χ1v) is 9.77. The molecule has 4 rings (SSSR count). The number of methoxy groups -OCH3 is 1. The number of benzene rings is 3. The quantitative estimate of drug-likeness (QED) is 0.487. The van der Waals surface area contributed by atoms with E-state index in [1.54, 1.807) is 19.2 Å². The number of rotatable bonds is 5. The standard InChI is InChI=1S/C26H23FO2/c1-17-10-12-18(13-11-17)20-15-23(22-8-3-4-9-25(22)29-2)24(16-20)26(28)19-6-5-7-21(27)14-19/h3-14,16,23-24H,15H2,1-2H3. The van der Waals surface area contributed by atoms with Crippen molar-refractivity contribution in [2.75, 3.05) is 7.11 Å². The van der Waals surface area contributed by atoms with Crippen LogP contribution in [0.3, 0.4) is 0 Å². The van der Waals surface area contributed by atoms with Crippen LogP contribution in [0.25, 0.3) is 5.57 Å². The SMILES string of the molecule is COc1ccccc1C1CC(c2ccc(C)cc2)=CC1C(=O)c1cccc(F)c1. The number of carbonyl (C=O) groups is 1. The first-order valence-electron chi connectivity index (χ1n) is 9.77. The van der Waals surface area contributed by atoms with E-state index in [0.717, 1.165) is 28.9 Å². The van der Waals surface area contributed by atoms with E-state index in [9.17, 15) is 9.18 Å². The number of halogens is 1. The number of allylic oxidation sites excluding steroid dienone is 2. The van der Waals surface area contributed by atoms with E-state index in [-0.39, 0.29) is 17.6 Å². The summed E-state index contributed by atoms with van der Waals surface area (Å²) in [6, 6.07) is 22.1. The second kappa shape index (κ2) is 8.04. The fourth-order valence-electron chi connectivity index (χ4n) is 4.12. The first-order chi connectivity index (χ1) is 14.1. The smallest absolute Gasteiger partial charge is 0.170 e. The summed E-state index contributed by atoms with van der Waals surface area (Å²) in [6.07, 6.45) is 2.78. The van der Waals surface area contributed by atoms with Gasteiger partial charge in [0.05, 0.1) is 7.11 Å². The van der Waals surface area contributed by atoms with Crippen LogP contribution in [0, 0.1) is 18.7 Å². The zero-order chi connectivity index (χ0) is 20.4. The third-order valence-corrected chi connectivity index (χ3v) is 5.63. The fraction of sp³-hybridized carbons (Fsp3) is 0.192. The van der Waals surface area contributed by atoms with Crippen LogP contribution >= 0.6 is 0 Å². The molecule has 0 amide bonds. The van der Waals surface area contributed by atoms with Gasteiger partial charge in [-0.3, -0.25) is 4.79 Å². The van der Waals surface area contributed by atoms with Crippen LogP contribution in [-0.2, 0) is 0 Å². The Hall–Kier alpha value is -3.20. The average Bonchev–Trinajstić information content (AvgIpc) is 3.19. The predicted molar refractivity (Wildman–Crippen MR) is 114 cm³/mol. The molecule has 3 aromatic carbocycles. The summed E-state index contributed by atoms with van der Waals surface area (Å²) in [5, 5.41) is 0. The van der Waals surface area contributed by atoms with Gasteiger partial charge in [-0.1, -0.05) is 66.2 Å². The van der Waals surface area contributed by atoms with Crippen molar-refractivity contribution in [1.82, 2.24) is 0 Å². The highest BCUT2D eigenvalue weighted by atomic mass is 19.1. The Morgan fingerprint density at radius 1 is 1.00 bits per heavy atom. The van der Waals surface area contributed by atoms with Crippen molar-refractivity contribution in [2.24, 2.45) is 5.92 Å². The molecule has 0 spiro atoms. The van der Waals surface area contributed by atoms with Crippen LogP contribution in [0.5, 0.6) is 5.75 Å². The zero-order valence-electron chi connectivity index (χ0n) is 16.6. The van der Waals surface area contributed by atoms with Crippen LogP contribution in [0.1, 0.15) is 39.4 Å². The monoisotopic (exact) mass is 386 g/mol.